The summed E-state index contributed by atoms with van der Waals surface area (Å²) in [5.41, 5.74) is 1.01. The van der Waals surface area contributed by atoms with Crippen LogP contribution >= 0.6 is 27.7 Å². The molecule has 3 fully saturated rings. The SMILES string of the molecule is C=CCN(C)C(=O)[C@H]1[C@H]2C(=O)N(CCCCCO)C(C(=O)N(CC=C)Cc3ccccc3)C23CC(Br)[C@@H]1S3. The average molecular weight is 605 g/mol. The number of nitrogens with zero attached hydrogens (tertiary/aromatic N) is 3. The summed E-state index contributed by atoms with van der Waals surface area (Å²) in [5, 5.41) is 9.18. The first-order chi connectivity index (χ1) is 18.3. The number of halogens is 1. The maximum Gasteiger partial charge on any atom is 0.247 e. The van der Waals surface area contributed by atoms with E-state index in [1.54, 1.807) is 45.7 Å². The Morgan fingerprint density at radius 3 is 2.53 bits per heavy atom. The van der Waals surface area contributed by atoms with Gasteiger partial charge in [-0.3, -0.25) is 14.4 Å². The highest BCUT2D eigenvalue weighted by atomic mass is 79.9. The predicted octanol–water partition coefficient (Wildman–Crippen LogP) is 3.47. The van der Waals surface area contributed by atoms with Gasteiger partial charge < -0.3 is 19.8 Å². The molecule has 2 bridgehead atoms. The summed E-state index contributed by atoms with van der Waals surface area (Å²) in [6.45, 7) is 9.37. The van der Waals surface area contributed by atoms with Gasteiger partial charge in [0.2, 0.25) is 17.7 Å². The third-order valence-electron chi connectivity index (χ3n) is 8.02. The van der Waals surface area contributed by atoms with Gasteiger partial charge in [-0.15, -0.1) is 24.9 Å². The van der Waals surface area contributed by atoms with E-state index in [1.165, 1.54) is 0 Å². The lowest BCUT2D eigenvalue weighted by Gasteiger charge is -2.38. The van der Waals surface area contributed by atoms with E-state index in [1.807, 2.05) is 30.3 Å². The fourth-order valence-electron chi connectivity index (χ4n) is 6.41. The van der Waals surface area contributed by atoms with Gasteiger partial charge in [-0.2, -0.15) is 0 Å². The van der Waals surface area contributed by atoms with Crippen LogP contribution in [0.1, 0.15) is 31.2 Å². The largest absolute Gasteiger partial charge is 0.396 e. The van der Waals surface area contributed by atoms with Gasteiger partial charge in [0, 0.05) is 49.9 Å². The van der Waals surface area contributed by atoms with Crippen LogP contribution in [0.2, 0.25) is 0 Å². The molecule has 1 spiro atoms. The average Bonchev–Trinajstić information content (AvgIpc) is 3.49. The quantitative estimate of drug-likeness (QED) is 0.212. The minimum atomic E-state index is -0.671. The summed E-state index contributed by atoms with van der Waals surface area (Å²) in [6.07, 6.45) is 6.18. The summed E-state index contributed by atoms with van der Waals surface area (Å²) < 4.78 is -0.671. The number of hydrogen-bond donors (Lipinski definition) is 1. The second-order valence-electron chi connectivity index (χ2n) is 10.5. The van der Waals surface area contributed by atoms with Gasteiger partial charge in [-0.05, 0) is 31.2 Å². The van der Waals surface area contributed by atoms with Crippen molar-refractivity contribution >= 4 is 45.4 Å². The van der Waals surface area contributed by atoms with Gasteiger partial charge in [0.1, 0.15) is 6.04 Å². The fourth-order valence-corrected chi connectivity index (χ4v) is 10.0. The Labute approximate surface area is 238 Å². The molecule has 3 aliphatic heterocycles. The molecule has 1 aromatic carbocycles. The van der Waals surface area contributed by atoms with E-state index < -0.39 is 22.6 Å². The van der Waals surface area contributed by atoms with Crippen molar-refractivity contribution in [3.8, 4) is 0 Å². The van der Waals surface area contributed by atoms with Crippen molar-refractivity contribution in [2.75, 3.05) is 33.3 Å². The van der Waals surface area contributed by atoms with Gasteiger partial charge in [0.15, 0.2) is 0 Å². The molecule has 3 aliphatic rings. The number of aliphatic hydroxyl groups excluding tert-OH is 1. The maximum atomic E-state index is 14.4. The molecule has 0 saturated carbocycles. The van der Waals surface area contributed by atoms with Crippen LogP contribution in [0.25, 0.3) is 0 Å². The Bertz CT molecular complexity index is 1060. The predicted molar refractivity (Wildman–Crippen MR) is 155 cm³/mol. The van der Waals surface area contributed by atoms with E-state index in [2.05, 4.69) is 29.1 Å². The Kier molecular flexibility index (Phi) is 9.42. The van der Waals surface area contributed by atoms with Crippen molar-refractivity contribution in [1.29, 1.82) is 0 Å². The first-order valence-electron chi connectivity index (χ1n) is 13.3. The van der Waals surface area contributed by atoms with Gasteiger partial charge in [0.05, 0.1) is 16.6 Å². The van der Waals surface area contributed by atoms with Crippen LogP contribution in [0.15, 0.2) is 55.6 Å². The molecule has 4 rings (SSSR count). The molecule has 1 N–H and O–H groups in total. The summed E-state index contributed by atoms with van der Waals surface area (Å²) in [5.74, 6) is -1.28. The minimum absolute atomic E-state index is 0.0363. The lowest BCUT2D eigenvalue weighted by atomic mass is 9.70. The number of carbonyl (C=O) groups excluding carboxylic acids is 3. The number of hydrogen-bond acceptors (Lipinski definition) is 5. The van der Waals surface area contributed by atoms with Crippen molar-refractivity contribution in [3.05, 3.63) is 61.2 Å². The van der Waals surface area contributed by atoms with Crippen molar-refractivity contribution in [3.63, 3.8) is 0 Å². The van der Waals surface area contributed by atoms with E-state index in [4.69, 9.17) is 0 Å². The zero-order chi connectivity index (χ0) is 27.4. The molecule has 7 nitrogen and oxygen atoms in total. The van der Waals surface area contributed by atoms with Crippen LogP contribution in [0.4, 0.5) is 0 Å². The van der Waals surface area contributed by atoms with Crippen molar-refractivity contribution < 1.29 is 19.5 Å². The maximum absolute atomic E-state index is 14.4. The third kappa shape index (κ3) is 5.21. The lowest BCUT2D eigenvalue weighted by Crippen LogP contribution is -2.55. The van der Waals surface area contributed by atoms with Crippen LogP contribution in [0, 0.1) is 11.8 Å². The number of aliphatic hydroxyl groups is 1. The van der Waals surface area contributed by atoms with Gasteiger partial charge in [-0.1, -0.05) is 58.4 Å². The summed E-state index contributed by atoms with van der Waals surface area (Å²) in [6, 6.07) is 9.17. The van der Waals surface area contributed by atoms with Crippen molar-refractivity contribution in [2.24, 2.45) is 11.8 Å². The highest BCUT2D eigenvalue weighted by Crippen LogP contribution is 2.68. The molecular weight excluding hydrogens is 566 g/mol. The number of thioether (sulfide) groups is 1. The zero-order valence-electron chi connectivity index (χ0n) is 22.0. The normalized spacial score (nSPS) is 29.3. The van der Waals surface area contributed by atoms with Gasteiger partial charge in [-0.25, -0.2) is 0 Å². The number of fused-ring (bicyclic) bond motifs is 1. The number of carbonyl (C=O) groups is 3. The number of alkyl halides is 1. The van der Waals surface area contributed by atoms with E-state index in [9.17, 15) is 19.5 Å². The van der Waals surface area contributed by atoms with Crippen LogP contribution < -0.4 is 0 Å². The van der Waals surface area contributed by atoms with Crippen LogP contribution in [0.5, 0.6) is 0 Å². The zero-order valence-corrected chi connectivity index (χ0v) is 24.4. The first-order valence-corrected chi connectivity index (χ1v) is 15.1. The third-order valence-corrected chi connectivity index (χ3v) is 11.2. The standard InChI is InChI=1S/C29H38BrN3O4S/c1-4-14-31(3)26(35)22-23-27(36)33(16-10-7-11-17-34)25(29(23)18-21(30)24(22)38-29)28(37)32(15-5-2)19-20-12-8-6-9-13-20/h4-6,8-9,12-13,21-25,34H,1-2,7,10-11,14-19H2,3H3/t21?,22-,23-,24-,25?,29?/m0/s1. The number of likely N-dealkylation sites (tertiary alicyclic amines) is 1. The monoisotopic (exact) mass is 603 g/mol. The van der Waals surface area contributed by atoms with E-state index in [0.717, 1.165) is 12.0 Å². The number of amides is 3. The number of rotatable bonds is 13. The van der Waals surface area contributed by atoms with Crippen molar-refractivity contribution in [2.45, 2.75) is 53.1 Å². The number of benzene rings is 1. The van der Waals surface area contributed by atoms with Crippen molar-refractivity contribution in [1.82, 2.24) is 14.7 Å². The summed E-state index contributed by atoms with van der Waals surface area (Å²) in [7, 11) is 1.75. The Morgan fingerprint density at radius 2 is 1.87 bits per heavy atom. The summed E-state index contributed by atoms with van der Waals surface area (Å²) in [4.78, 5) is 47.5. The van der Waals surface area contributed by atoms with Crippen LogP contribution in [-0.4, -0.2) is 91.7 Å². The molecule has 6 atom stereocenters. The number of unbranched alkanes of at least 4 members (excludes halogenated alkanes) is 2. The molecule has 9 heteroatoms. The summed E-state index contributed by atoms with van der Waals surface area (Å²) >= 11 is 5.49. The molecule has 3 unspecified atom stereocenters. The Balaban J connectivity index is 1.71. The highest BCUT2D eigenvalue weighted by Gasteiger charge is 2.75. The molecule has 206 valence electrons. The number of likely N-dealkylation sites (N-methyl/N-ethyl adjacent to an activating group) is 1. The van der Waals surface area contributed by atoms with Gasteiger partial charge >= 0.3 is 0 Å². The Morgan fingerprint density at radius 1 is 1.16 bits per heavy atom. The second-order valence-corrected chi connectivity index (χ2v) is 13.2. The topological polar surface area (TPSA) is 81.2 Å². The fraction of sp³-hybridized carbons (Fsp3) is 0.552. The lowest BCUT2D eigenvalue weighted by molar-refractivity contribution is -0.144. The molecule has 3 heterocycles. The van der Waals surface area contributed by atoms with Crippen LogP contribution in [-0.2, 0) is 20.9 Å². The second kappa shape index (κ2) is 12.4. The molecule has 1 aromatic rings. The molecule has 0 aromatic heterocycles. The molecule has 0 aliphatic carbocycles. The molecule has 0 radical (unpaired) electrons. The van der Waals surface area contributed by atoms with E-state index in [-0.39, 0.29) is 34.4 Å². The molecule has 3 amide bonds. The highest BCUT2D eigenvalue weighted by molar-refractivity contribution is 9.09. The van der Waals surface area contributed by atoms with Gasteiger partial charge in [0.25, 0.3) is 0 Å². The molecular formula is C29H38BrN3O4S. The molecule has 3 saturated heterocycles. The molecule has 38 heavy (non-hydrogen) atoms. The van der Waals surface area contributed by atoms with E-state index in [0.29, 0.717) is 45.4 Å². The van der Waals surface area contributed by atoms with E-state index >= 15 is 0 Å². The Hall–Kier alpha value is -2.10. The smallest absolute Gasteiger partial charge is 0.247 e. The first kappa shape index (κ1) is 28.9. The van der Waals surface area contributed by atoms with Crippen LogP contribution in [0.3, 0.4) is 0 Å². The minimum Gasteiger partial charge on any atom is -0.396 e.